The first-order valence-corrected chi connectivity index (χ1v) is 8.98. The number of ether oxygens (including phenoxy) is 2. The summed E-state index contributed by atoms with van der Waals surface area (Å²) in [6.07, 6.45) is -3.44. The monoisotopic (exact) mass is 419 g/mol. The fourth-order valence-electron chi connectivity index (χ4n) is 2.79. The zero-order valence-electron chi connectivity index (χ0n) is 15.8. The highest BCUT2D eigenvalue weighted by atomic mass is 19.3. The van der Waals surface area contributed by atoms with E-state index in [9.17, 15) is 13.2 Å². The normalized spacial score (nSPS) is 11.7. The Hall–Kier alpha value is -3.56. The van der Waals surface area contributed by atoms with E-state index in [1.54, 1.807) is 31.2 Å². The number of halogens is 3. The van der Waals surface area contributed by atoms with E-state index < -0.39 is 12.8 Å². The first kappa shape index (κ1) is 19.7. The predicted octanol–water partition coefficient (Wildman–Crippen LogP) is 4.75. The Kier molecular flexibility index (Phi) is 5.30. The molecular weight excluding hydrogens is 403 g/mol. The highest BCUT2D eigenvalue weighted by Crippen LogP contribution is 2.31. The molecular formula is C20H16F3N3O4. The molecule has 0 fully saturated rings. The van der Waals surface area contributed by atoms with Gasteiger partial charge in [-0.1, -0.05) is 18.2 Å². The number of aromatic nitrogens is 3. The second-order valence-electron chi connectivity index (χ2n) is 6.41. The van der Waals surface area contributed by atoms with Crippen molar-refractivity contribution in [3.8, 4) is 22.8 Å². The van der Waals surface area contributed by atoms with Crippen LogP contribution in [0.2, 0.25) is 0 Å². The van der Waals surface area contributed by atoms with Crippen LogP contribution < -0.4 is 9.47 Å². The van der Waals surface area contributed by atoms with Crippen molar-refractivity contribution in [1.82, 2.24) is 15.4 Å². The Bertz CT molecular complexity index is 1140. The molecule has 0 unspecified atom stereocenters. The van der Waals surface area contributed by atoms with Crippen molar-refractivity contribution in [1.29, 1.82) is 0 Å². The molecule has 0 aliphatic heterocycles. The molecule has 0 atom stereocenters. The van der Waals surface area contributed by atoms with Crippen LogP contribution in [0.5, 0.6) is 11.6 Å². The van der Waals surface area contributed by atoms with E-state index in [-0.39, 0.29) is 12.4 Å². The van der Waals surface area contributed by atoms with Crippen molar-refractivity contribution in [3.05, 3.63) is 54.2 Å². The zero-order chi connectivity index (χ0) is 21.1. The minimum Gasteiger partial charge on any atom is -0.475 e. The van der Waals surface area contributed by atoms with Crippen molar-refractivity contribution < 1.29 is 31.6 Å². The zero-order valence-corrected chi connectivity index (χ0v) is 15.8. The Morgan fingerprint density at radius 3 is 2.50 bits per heavy atom. The van der Waals surface area contributed by atoms with Crippen molar-refractivity contribution in [2.75, 3.05) is 13.3 Å². The van der Waals surface area contributed by atoms with Gasteiger partial charge in [-0.25, -0.2) is 4.39 Å². The van der Waals surface area contributed by atoms with E-state index in [0.29, 0.717) is 35.1 Å². The summed E-state index contributed by atoms with van der Waals surface area (Å²) in [4.78, 5) is 0. The lowest BCUT2D eigenvalue weighted by Gasteiger charge is -2.14. The van der Waals surface area contributed by atoms with Gasteiger partial charge in [-0.3, -0.25) is 0 Å². The fraction of sp³-hybridized carbons (Fsp3) is 0.250. The number of benzene rings is 2. The molecule has 7 nitrogen and oxygen atoms in total. The summed E-state index contributed by atoms with van der Waals surface area (Å²) in [5.74, 6) is 1.12. The Labute approximate surface area is 168 Å². The van der Waals surface area contributed by atoms with Gasteiger partial charge in [0.25, 0.3) is 5.88 Å². The number of alkyl halides is 3. The van der Waals surface area contributed by atoms with Gasteiger partial charge in [0.15, 0.2) is 12.3 Å². The van der Waals surface area contributed by atoms with Crippen molar-refractivity contribution in [3.63, 3.8) is 0 Å². The van der Waals surface area contributed by atoms with Gasteiger partial charge in [0.2, 0.25) is 11.8 Å². The minimum absolute atomic E-state index is 0.132. The molecule has 2 aromatic heterocycles. The molecule has 0 aliphatic rings. The largest absolute Gasteiger partial charge is 0.475 e. The number of rotatable bonds is 8. The summed E-state index contributed by atoms with van der Waals surface area (Å²) in [5, 5.41) is 12.2. The van der Waals surface area contributed by atoms with Crippen molar-refractivity contribution in [2.24, 2.45) is 0 Å². The molecule has 0 radical (unpaired) electrons. The van der Waals surface area contributed by atoms with E-state index >= 15 is 0 Å². The highest BCUT2D eigenvalue weighted by Gasteiger charge is 2.31. The second-order valence-corrected chi connectivity index (χ2v) is 6.41. The van der Waals surface area contributed by atoms with Crippen LogP contribution >= 0.6 is 0 Å². The quantitative estimate of drug-likeness (QED) is 0.408. The summed E-state index contributed by atoms with van der Waals surface area (Å²) in [6.45, 7) is 0.0748. The molecule has 0 saturated carbocycles. The average Bonchev–Trinajstić information content (AvgIpc) is 3.34. The lowest BCUT2D eigenvalue weighted by atomic mass is 10.0. The maximum atomic E-state index is 13.0. The number of nitrogens with zero attached hydrogens (tertiary/aromatic N) is 3. The summed E-state index contributed by atoms with van der Waals surface area (Å²) < 4.78 is 58.8. The van der Waals surface area contributed by atoms with Gasteiger partial charge in [0, 0.05) is 6.92 Å². The van der Waals surface area contributed by atoms with Gasteiger partial charge < -0.3 is 18.4 Å². The third-order valence-corrected chi connectivity index (χ3v) is 4.17. The standard InChI is InChI=1S/C20H16F3N3O4/c1-12-24-25-18(28-12)8-9-27-19-16-10-14(4-7-17(16)30-26-19)13-2-5-15(6-3-13)29-20(22,23)11-21/h2-7,10H,8-9,11H2,1H3. The number of hydrogen-bond donors (Lipinski definition) is 0. The van der Waals surface area contributed by atoms with Crippen LogP contribution in [0.15, 0.2) is 51.4 Å². The molecule has 2 aromatic carbocycles. The summed E-state index contributed by atoms with van der Waals surface area (Å²) in [6, 6.07) is 11.2. The highest BCUT2D eigenvalue weighted by molar-refractivity contribution is 5.87. The van der Waals surface area contributed by atoms with Gasteiger partial charge >= 0.3 is 6.11 Å². The maximum absolute atomic E-state index is 13.0. The van der Waals surface area contributed by atoms with Gasteiger partial charge in [-0.05, 0) is 40.5 Å². The minimum atomic E-state index is -3.85. The first-order chi connectivity index (χ1) is 14.4. The molecule has 10 heteroatoms. The molecule has 156 valence electrons. The molecule has 0 saturated heterocycles. The van der Waals surface area contributed by atoms with E-state index in [4.69, 9.17) is 13.7 Å². The van der Waals surface area contributed by atoms with Gasteiger partial charge in [0.05, 0.1) is 18.4 Å². The van der Waals surface area contributed by atoms with Crippen LogP contribution in [0.1, 0.15) is 11.8 Å². The van der Waals surface area contributed by atoms with Crippen LogP contribution in [0, 0.1) is 6.92 Å². The summed E-state index contributed by atoms with van der Waals surface area (Å²) in [5.41, 5.74) is 2.05. The summed E-state index contributed by atoms with van der Waals surface area (Å²) >= 11 is 0. The van der Waals surface area contributed by atoms with Crippen LogP contribution in [0.25, 0.3) is 22.1 Å². The predicted molar refractivity (Wildman–Crippen MR) is 99.2 cm³/mol. The molecule has 0 N–H and O–H groups in total. The van der Waals surface area contributed by atoms with E-state index in [0.717, 1.165) is 11.1 Å². The Balaban J connectivity index is 1.49. The van der Waals surface area contributed by atoms with E-state index in [2.05, 4.69) is 20.1 Å². The van der Waals surface area contributed by atoms with E-state index in [1.165, 1.54) is 12.1 Å². The molecule has 0 bridgehead atoms. The molecule has 4 rings (SSSR count). The smallest absolute Gasteiger partial charge is 0.427 e. The maximum Gasteiger partial charge on any atom is 0.427 e. The average molecular weight is 419 g/mol. The molecule has 30 heavy (non-hydrogen) atoms. The Morgan fingerprint density at radius 2 is 1.80 bits per heavy atom. The second kappa shape index (κ2) is 8.05. The first-order valence-electron chi connectivity index (χ1n) is 8.98. The number of hydrogen-bond acceptors (Lipinski definition) is 7. The molecule has 0 amide bonds. The van der Waals surface area contributed by atoms with Crippen molar-refractivity contribution in [2.45, 2.75) is 19.5 Å². The lowest BCUT2D eigenvalue weighted by molar-refractivity contribution is -0.186. The van der Waals surface area contributed by atoms with Crippen LogP contribution in [0.4, 0.5) is 13.2 Å². The molecule has 4 aromatic rings. The van der Waals surface area contributed by atoms with Gasteiger partial charge in [-0.2, -0.15) is 8.78 Å². The van der Waals surface area contributed by atoms with Crippen LogP contribution in [-0.2, 0) is 6.42 Å². The number of fused-ring (bicyclic) bond motifs is 1. The number of aryl methyl sites for hydroxylation is 1. The fourth-order valence-corrected chi connectivity index (χ4v) is 2.79. The molecule has 2 heterocycles. The molecule has 0 spiro atoms. The topological polar surface area (TPSA) is 83.4 Å². The SMILES string of the molecule is Cc1nnc(CCOc2noc3ccc(-c4ccc(OC(F)(F)CF)cc4)cc23)o1. The third kappa shape index (κ3) is 4.37. The van der Waals surface area contributed by atoms with Crippen molar-refractivity contribution >= 4 is 11.0 Å². The van der Waals surface area contributed by atoms with Crippen LogP contribution in [-0.4, -0.2) is 34.7 Å². The van der Waals surface area contributed by atoms with Gasteiger partial charge in [0.1, 0.15) is 5.75 Å². The Morgan fingerprint density at radius 1 is 1.03 bits per heavy atom. The third-order valence-electron chi connectivity index (χ3n) is 4.17. The lowest BCUT2D eigenvalue weighted by Crippen LogP contribution is -2.26. The van der Waals surface area contributed by atoms with E-state index in [1.807, 2.05) is 6.07 Å². The summed E-state index contributed by atoms with van der Waals surface area (Å²) in [7, 11) is 0. The molecule has 0 aliphatic carbocycles. The van der Waals surface area contributed by atoms with Gasteiger partial charge in [-0.15, -0.1) is 10.2 Å². The van der Waals surface area contributed by atoms with Crippen LogP contribution in [0.3, 0.4) is 0 Å².